The number of aromatic nitrogens is 2. The second-order valence-electron chi connectivity index (χ2n) is 6.37. The molecule has 0 fully saturated rings. The van der Waals surface area contributed by atoms with Gasteiger partial charge in [0.15, 0.2) is 0 Å². The number of nitrogens with one attached hydrogen (secondary N) is 1. The number of carbonyl (C=O) groups is 1. The van der Waals surface area contributed by atoms with Gasteiger partial charge in [0, 0.05) is 18.7 Å². The smallest absolute Gasteiger partial charge is 0.244 e. The number of halogens is 1. The molecule has 1 aromatic heterocycles. The van der Waals surface area contributed by atoms with Crippen LogP contribution in [-0.4, -0.2) is 22.8 Å². The molecule has 144 valence electrons. The summed E-state index contributed by atoms with van der Waals surface area (Å²) in [5.74, 6) is 0.549. The van der Waals surface area contributed by atoms with Gasteiger partial charge in [-0.3, -0.25) is 9.48 Å². The van der Waals surface area contributed by atoms with Crippen molar-refractivity contribution in [1.29, 1.82) is 0 Å². The van der Waals surface area contributed by atoms with Crippen LogP contribution in [0.5, 0.6) is 5.75 Å². The van der Waals surface area contributed by atoms with Crippen LogP contribution in [-0.2, 0) is 11.8 Å². The van der Waals surface area contributed by atoms with E-state index in [2.05, 4.69) is 10.4 Å². The van der Waals surface area contributed by atoms with Crippen LogP contribution in [0, 0.1) is 6.92 Å². The second-order valence-corrected chi connectivity index (χ2v) is 6.73. The van der Waals surface area contributed by atoms with Crippen molar-refractivity contribution in [3.05, 3.63) is 88.2 Å². The van der Waals surface area contributed by atoms with Crippen LogP contribution in [0.1, 0.15) is 28.4 Å². The van der Waals surface area contributed by atoms with Gasteiger partial charge in [0.1, 0.15) is 10.9 Å². The summed E-state index contributed by atoms with van der Waals surface area (Å²) >= 11 is 6.23. The molecule has 1 atom stereocenters. The summed E-state index contributed by atoms with van der Waals surface area (Å²) in [6.07, 6.45) is 3.17. The third kappa shape index (κ3) is 4.43. The first-order valence-corrected chi connectivity index (χ1v) is 9.24. The minimum atomic E-state index is -0.283. The fraction of sp³-hybridized carbons (Fsp3) is 0.182. The van der Waals surface area contributed by atoms with Crippen molar-refractivity contribution in [2.75, 3.05) is 7.11 Å². The number of rotatable bonds is 6. The summed E-state index contributed by atoms with van der Waals surface area (Å²) in [4.78, 5) is 12.6. The van der Waals surface area contributed by atoms with Gasteiger partial charge in [0.2, 0.25) is 5.91 Å². The summed E-state index contributed by atoms with van der Waals surface area (Å²) in [5, 5.41) is 7.81. The Morgan fingerprint density at radius 2 is 1.79 bits per heavy atom. The third-order valence-electron chi connectivity index (χ3n) is 4.47. The third-order valence-corrected chi connectivity index (χ3v) is 4.91. The molecule has 0 aliphatic carbocycles. The molecule has 3 rings (SSSR count). The molecule has 6 heteroatoms. The highest BCUT2D eigenvalue weighted by Gasteiger charge is 2.16. The van der Waals surface area contributed by atoms with Crippen molar-refractivity contribution in [3.63, 3.8) is 0 Å². The molecule has 0 saturated carbocycles. The normalized spacial score (nSPS) is 12.1. The molecular weight excluding hydrogens is 374 g/mol. The van der Waals surface area contributed by atoms with Crippen molar-refractivity contribution >= 4 is 23.6 Å². The van der Waals surface area contributed by atoms with E-state index in [9.17, 15) is 4.79 Å². The van der Waals surface area contributed by atoms with Crippen LogP contribution < -0.4 is 10.1 Å². The van der Waals surface area contributed by atoms with Crippen molar-refractivity contribution in [3.8, 4) is 5.75 Å². The van der Waals surface area contributed by atoms with Crippen LogP contribution in [0.15, 0.2) is 60.7 Å². The van der Waals surface area contributed by atoms with Crippen LogP contribution in [0.2, 0.25) is 5.15 Å². The van der Waals surface area contributed by atoms with E-state index < -0.39 is 0 Å². The lowest BCUT2D eigenvalue weighted by molar-refractivity contribution is -0.116. The van der Waals surface area contributed by atoms with E-state index in [-0.39, 0.29) is 11.9 Å². The van der Waals surface area contributed by atoms with Crippen molar-refractivity contribution in [2.24, 2.45) is 7.05 Å². The topological polar surface area (TPSA) is 56.1 Å². The molecule has 5 nitrogen and oxygen atoms in total. The predicted octanol–water partition coefficient (Wildman–Crippen LogP) is 4.31. The molecule has 0 aliphatic heterocycles. The number of aryl methyl sites for hydroxylation is 2. The number of carbonyl (C=O) groups excluding carboxylic acids is 1. The molecule has 0 bridgehead atoms. The molecule has 0 spiro atoms. The second kappa shape index (κ2) is 8.76. The zero-order valence-electron chi connectivity index (χ0n) is 16.0. The molecule has 28 heavy (non-hydrogen) atoms. The van der Waals surface area contributed by atoms with E-state index in [1.54, 1.807) is 24.9 Å². The van der Waals surface area contributed by atoms with Crippen LogP contribution in [0.3, 0.4) is 0 Å². The van der Waals surface area contributed by atoms with Gasteiger partial charge in [0.25, 0.3) is 0 Å². The summed E-state index contributed by atoms with van der Waals surface area (Å²) < 4.78 is 6.81. The number of amides is 1. The maximum absolute atomic E-state index is 12.6. The fourth-order valence-corrected chi connectivity index (χ4v) is 3.22. The highest BCUT2D eigenvalue weighted by Crippen LogP contribution is 2.24. The lowest BCUT2D eigenvalue weighted by Crippen LogP contribution is -2.27. The Balaban J connectivity index is 1.84. The quantitative estimate of drug-likeness (QED) is 0.633. The lowest BCUT2D eigenvalue weighted by Gasteiger charge is -2.19. The Hall–Kier alpha value is -3.05. The molecule has 1 N–H and O–H groups in total. The van der Waals surface area contributed by atoms with Gasteiger partial charge in [-0.05, 0) is 36.3 Å². The molecule has 1 unspecified atom stereocenters. The lowest BCUT2D eigenvalue weighted by atomic mass is 9.98. The molecule has 3 aromatic rings. The number of hydrogen-bond donors (Lipinski definition) is 1. The van der Waals surface area contributed by atoms with Gasteiger partial charge in [-0.25, -0.2) is 0 Å². The number of hydrogen-bond acceptors (Lipinski definition) is 3. The van der Waals surface area contributed by atoms with E-state index in [1.807, 2.05) is 61.5 Å². The number of ether oxygens (including phenoxy) is 1. The predicted molar refractivity (Wildman–Crippen MR) is 111 cm³/mol. The van der Waals surface area contributed by atoms with E-state index >= 15 is 0 Å². The van der Waals surface area contributed by atoms with Crippen molar-refractivity contribution in [1.82, 2.24) is 15.1 Å². The van der Waals surface area contributed by atoms with E-state index in [0.29, 0.717) is 5.15 Å². The molecule has 1 heterocycles. The van der Waals surface area contributed by atoms with Gasteiger partial charge in [-0.2, -0.15) is 5.10 Å². The Labute approximate surface area is 169 Å². The van der Waals surface area contributed by atoms with Crippen molar-refractivity contribution < 1.29 is 9.53 Å². The van der Waals surface area contributed by atoms with E-state index in [0.717, 1.165) is 28.1 Å². The van der Waals surface area contributed by atoms with Crippen LogP contribution in [0.25, 0.3) is 6.08 Å². The molecular formula is C22H22ClN3O2. The van der Waals surface area contributed by atoms with E-state index in [4.69, 9.17) is 16.3 Å². The van der Waals surface area contributed by atoms with Gasteiger partial charge < -0.3 is 10.1 Å². The first kappa shape index (κ1) is 19.7. The summed E-state index contributed by atoms with van der Waals surface area (Å²) in [6.45, 7) is 1.85. The van der Waals surface area contributed by atoms with Gasteiger partial charge in [-0.1, -0.05) is 54.1 Å². The monoisotopic (exact) mass is 395 g/mol. The minimum Gasteiger partial charge on any atom is -0.497 e. The molecule has 0 aliphatic rings. The van der Waals surface area contributed by atoms with Crippen LogP contribution >= 0.6 is 11.6 Å². The minimum absolute atomic E-state index is 0.219. The summed E-state index contributed by atoms with van der Waals surface area (Å²) in [5.41, 5.74) is 3.46. The largest absolute Gasteiger partial charge is 0.497 e. The molecule has 2 aromatic carbocycles. The standard InChI is InChI=1S/C22H22ClN3O2/c1-15-19(22(23)26(2)25-15)13-14-20(27)24-21(16-7-5-4-6-8-16)17-9-11-18(28-3)12-10-17/h4-14,21H,1-3H3,(H,24,27)/b14-13+. The molecule has 0 saturated heterocycles. The number of nitrogens with zero attached hydrogens (tertiary/aromatic N) is 2. The Morgan fingerprint density at radius 3 is 2.36 bits per heavy atom. The van der Waals surface area contributed by atoms with Gasteiger partial charge in [-0.15, -0.1) is 0 Å². The molecule has 0 radical (unpaired) electrons. The Kier molecular flexibility index (Phi) is 6.16. The average molecular weight is 396 g/mol. The van der Waals surface area contributed by atoms with E-state index in [1.165, 1.54) is 6.08 Å². The maximum Gasteiger partial charge on any atom is 0.244 e. The van der Waals surface area contributed by atoms with Gasteiger partial charge >= 0.3 is 0 Å². The average Bonchev–Trinajstić information content (AvgIpc) is 2.96. The van der Waals surface area contributed by atoms with Gasteiger partial charge in [0.05, 0.1) is 18.8 Å². The first-order valence-electron chi connectivity index (χ1n) is 8.86. The fourth-order valence-electron chi connectivity index (χ4n) is 2.99. The van der Waals surface area contributed by atoms with Crippen molar-refractivity contribution in [2.45, 2.75) is 13.0 Å². The Morgan fingerprint density at radius 1 is 1.14 bits per heavy atom. The summed E-state index contributed by atoms with van der Waals surface area (Å²) in [6, 6.07) is 17.2. The zero-order chi connectivity index (χ0) is 20.1. The highest BCUT2D eigenvalue weighted by molar-refractivity contribution is 6.31. The summed E-state index contributed by atoms with van der Waals surface area (Å²) in [7, 11) is 3.39. The zero-order valence-corrected chi connectivity index (χ0v) is 16.8. The molecule has 1 amide bonds. The Bertz CT molecular complexity index is 979. The maximum atomic E-state index is 12.6. The number of benzene rings is 2. The first-order chi connectivity index (χ1) is 13.5. The number of methoxy groups -OCH3 is 1. The SMILES string of the molecule is COc1ccc(C(NC(=O)/C=C/c2c(C)nn(C)c2Cl)c2ccccc2)cc1. The van der Waals surface area contributed by atoms with Crippen LogP contribution in [0.4, 0.5) is 0 Å². The highest BCUT2D eigenvalue weighted by atomic mass is 35.5.